The molecule has 3 aliphatic carbocycles. The first kappa shape index (κ1) is 19.7. The van der Waals surface area contributed by atoms with Crippen LogP contribution in [0.15, 0.2) is 18.2 Å². The van der Waals surface area contributed by atoms with Crippen LogP contribution in [0.1, 0.15) is 101 Å². The van der Waals surface area contributed by atoms with E-state index in [1.54, 1.807) is 12.1 Å². The monoisotopic (exact) mass is 390 g/mol. The Morgan fingerprint density at radius 1 is 0.741 bits per heavy atom. The van der Waals surface area contributed by atoms with Crippen LogP contribution in [-0.4, -0.2) is 0 Å². The van der Waals surface area contributed by atoms with Crippen molar-refractivity contribution in [3.8, 4) is 0 Å². The second-order valence-corrected chi connectivity index (χ2v) is 10.2. The Morgan fingerprint density at radius 2 is 1.30 bits per heavy atom. The lowest BCUT2D eigenvalue weighted by Crippen LogP contribution is -2.25. The highest BCUT2D eigenvalue weighted by atomic mass is 35.5. The molecule has 0 heterocycles. The van der Waals surface area contributed by atoms with Gasteiger partial charge in [0.2, 0.25) is 0 Å². The maximum atomic E-state index is 13.8. The van der Waals surface area contributed by atoms with Crippen molar-refractivity contribution in [3.63, 3.8) is 0 Å². The van der Waals surface area contributed by atoms with E-state index < -0.39 is 0 Å². The Bertz CT molecular complexity index is 590. The molecule has 1 aromatic carbocycles. The maximum absolute atomic E-state index is 13.8. The van der Waals surface area contributed by atoms with Gasteiger partial charge in [-0.05, 0) is 85.8 Å². The van der Waals surface area contributed by atoms with Gasteiger partial charge in [-0.15, -0.1) is 0 Å². The Morgan fingerprint density at radius 3 is 1.89 bits per heavy atom. The lowest BCUT2D eigenvalue weighted by molar-refractivity contribution is 0.153. The van der Waals surface area contributed by atoms with Gasteiger partial charge in [0.05, 0.1) is 5.02 Å². The number of benzene rings is 1. The molecule has 2 heteroatoms. The first-order valence-corrected chi connectivity index (χ1v) is 12.0. The molecule has 0 unspecified atom stereocenters. The highest BCUT2D eigenvalue weighted by Gasteiger charge is 2.31. The third-order valence-corrected chi connectivity index (χ3v) is 8.51. The van der Waals surface area contributed by atoms with Crippen LogP contribution in [-0.2, 0) is 0 Å². The summed E-state index contributed by atoms with van der Waals surface area (Å²) in [5, 5.41) is 0.247. The maximum Gasteiger partial charge on any atom is 0.142 e. The van der Waals surface area contributed by atoms with E-state index in [9.17, 15) is 4.39 Å². The van der Waals surface area contributed by atoms with Gasteiger partial charge in [0.15, 0.2) is 0 Å². The Kier molecular flexibility index (Phi) is 6.79. The van der Waals surface area contributed by atoms with Crippen molar-refractivity contribution in [1.29, 1.82) is 0 Å². The Balaban J connectivity index is 1.19. The quantitative estimate of drug-likeness (QED) is 0.472. The number of rotatable bonds is 5. The molecular formula is C25H36ClF. The lowest BCUT2D eigenvalue weighted by atomic mass is 9.68. The van der Waals surface area contributed by atoms with Crippen molar-refractivity contribution in [2.75, 3.05) is 0 Å². The van der Waals surface area contributed by atoms with Gasteiger partial charge in [-0.3, -0.25) is 0 Å². The molecular weight excluding hydrogens is 355 g/mol. The van der Waals surface area contributed by atoms with Gasteiger partial charge in [-0.1, -0.05) is 69.0 Å². The molecule has 0 aromatic heterocycles. The van der Waals surface area contributed by atoms with E-state index in [2.05, 4.69) is 0 Å². The van der Waals surface area contributed by atoms with E-state index in [4.69, 9.17) is 11.6 Å². The SMILES string of the molecule is Fc1cc([C@H]2CC[C@H]([C@H]3CC[C@H](CCC4CCCC4)CC3)CC2)ccc1Cl. The van der Waals surface area contributed by atoms with Gasteiger partial charge in [0.25, 0.3) is 0 Å². The lowest BCUT2D eigenvalue weighted by Gasteiger charge is -2.38. The molecule has 1 aromatic rings. The van der Waals surface area contributed by atoms with E-state index >= 15 is 0 Å². The van der Waals surface area contributed by atoms with Crippen molar-refractivity contribution in [2.45, 2.75) is 95.8 Å². The molecule has 0 spiro atoms. The standard InChI is InChI=1S/C25H36ClF/c26-24-16-15-23(17-25(24)27)22-13-11-21(12-14-22)20-9-7-19(8-10-20)6-5-18-3-1-2-4-18/h15-22H,1-14H2/t19-,20-,21-,22-. The molecule has 0 N–H and O–H groups in total. The second kappa shape index (κ2) is 9.29. The van der Waals surface area contributed by atoms with E-state index in [1.807, 2.05) is 6.07 Å². The van der Waals surface area contributed by atoms with Gasteiger partial charge in [0.1, 0.15) is 5.82 Å². The van der Waals surface area contributed by atoms with E-state index in [-0.39, 0.29) is 10.8 Å². The van der Waals surface area contributed by atoms with Crippen molar-refractivity contribution >= 4 is 11.6 Å². The summed E-state index contributed by atoms with van der Waals surface area (Å²) in [6.45, 7) is 0. The van der Waals surface area contributed by atoms with Crippen molar-refractivity contribution in [2.24, 2.45) is 23.7 Å². The normalized spacial score (nSPS) is 32.7. The summed E-state index contributed by atoms with van der Waals surface area (Å²) in [7, 11) is 0. The molecule has 27 heavy (non-hydrogen) atoms. The topological polar surface area (TPSA) is 0 Å². The van der Waals surface area contributed by atoms with E-state index in [0.717, 1.165) is 29.2 Å². The average Bonchev–Trinajstić information content (AvgIpc) is 3.23. The van der Waals surface area contributed by atoms with Crippen LogP contribution >= 0.6 is 11.6 Å². The average molecular weight is 391 g/mol. The Hall–Kier alpha value is -0.560. The molecule has 0 atom stereocenters. The number of hydrogen-bond acceptors (Lipinski definition) is 0. The zero-order valence-corrected chi connectivity index (χ0v) is 17.5. The Labute approximate surface area is 170 Å². The summed E-state index contributed by atoms with van der Waals surface area (Å²) >= 11 is 5.84. The largest absolute Gasteiger partial charge is 0.205 e. The molecule has 0 amide bonds. The summed E-state index contributed by atoms with van der Waals surface area (Å²) < 4.78 is 13.8. The third-order valence-electron chi connectivity index (χ3n) is 8.20. The first-order chi connectivity index (χ1) is 13.2. The molecule has 0 nitrogen and oxygen atoms in total. The molecule has 0 aliphatic heterocycles. The molecule has 4 rings (SSSR count). The first-order valence-electron chi connectivity index (χ1n) is 11.6. The van der Waals surface area contributed by atoms with Gasteiger partial charge in [-0.25, -0.2) is 4.39 Å². The summed E-state index contributed by atoms with van der Waals surface area (Å²) in [5.74, 6) is 4.26. The molecule has 150 valence electrons. The summed E-state index contributed by atoms with van der Waals surface area (Å²) in [5.41, 5.74) is 1.16. The fraction of sp³-hybridized carbons (Fsp3) is 0.760. The summed E-state index contributed by atoms with van der Waals surface area (Å²) in [4.78, 5) is 0. The molecule has 0 saturated heterocycles. The predicted octanol–water partition coefficient (Wildman–Crippen LogP) is 8.53. The second-order valence-electron chi connectivity index (χ2n) is 9.79. The van der Waals surface area contributed by atoms with Crippen LogP contribution in [0.5, 0.6) is 0 Å². The van der Waals surface area contributed by atoms with Crippen molar-refractivity contribution in [1.82, 2.24) is 0 Å². The number of hydrogen-bond donors (Lipinski definition) is 0. The van der Waals surface area contributed by atoms with E-state index in [1.165, 1.54) is 89.9 Å². The predicted molar refractivity (Wildman–Crippen MR) is 113 cm³/mol. The van der Waals surface area contributed by atoms with E-state index in [0.29, 0.717) is 5.92 Å². The van der Waals surface area contributed by atoms with Crippen LogP contribution in [0.3, 0.4) is 0 Å². The van der Waals surface area contributed by atoms with Gasteiger partial charge in [0, 0.05) is 0 Å². The zero-order chi connectivity index (χ0) is 18.6. The molecule has 0 radical (unpaired) electrons. The highest BCUT2D eigenvalue weighted by Crippen LogP contribution is 2.45. The highest BCUT2D eigenvalue weighted by molar-refractivity contribution is 6.30. The smallest absolute Gasteiger partial charge is 0.142 e. The van der Waals surface area contributed by atoms with Gasteiger partial charge >= 0.3 is 0 Å². The number of halogens is 2. The van der Waals surface area contributed by atoms with Crippen molar-refractivity contribution in [3.05, 3.63) is 34.6 Å². The molecule has 3 fully saturated rings. The minimum Gasteiger partial charge on any atom is -0.205 e. The van der Waals surface area contributed by atoms with Crippen LogP contribution in [0.4, 0.5) is 4.39 Å². The molecule has 3 aliphatic rings. The molecule has 3 saturated carbocycles. The van der Waals surface area contributed by atoms with Crippen molar-refractivity contribution < 1.29 is 4.39 Å². The minimum absolute atomic E-state index is 0.247. The zero-order valence-electron chi connectivity index (χ0n) is 16.8. The van der Waals surface area contributed by atoms with Gasteiger partial charge < -0.3 is 0 Å². The van der Waals surface area contributed by atoms with Crippen LogP contribution in [0.25, 0.3) is 0 Å². The van der Waals surface area contributed by atoms with Crippen LogP contribution < -0.4 is 0 Å². The third kappa shape index (κ3) is 5.08. The van der Waals surface area contributed by atoms with Crippen LogP contribution in [0.2, 0.25) is 5.02 Å². The fourth-order valence-corrected chi connectivity index (χ4v) is 6.53. The minimum atomic E-state index is -0.257. The fourth-order valence-electron chi connectivity index (χ4n) is 6.41. The van der Waals surface area contributed by atoms with Gasteiger partial charge in [-0.2, -0.15) is 0 Å². The van der Waals surface area contributed by atoms with Crippen LogP contribution in [0, 0.1) is 29.5 Å². The summed E-state index contributed by atoms with van der Waals surface area (Å²) in [6.07, 6.45) is 20.1. The summed E-state index contributed by atoms with van der Waals surface area (Å²) in [6, 6.07) is 5.43. The molecule has 0 bridgehead atoms.